The highest BCUT2D eigenvalue weighted by atomic mass is 35.5. The van der Waals surface area contributed by atoms with E-state index in [0.29, 0.717) is 42.3 Å². The van der Waals surface area contributed by atoms with E-state index in [1.807, 2.05) is 0 Å². The monoisotopic (exact) mass is 283 g/mol. The lowest BCUT2D eigenvalue weighted by molar-refractivity contribution is -0.00201. The van der Waals surface area contributed by atoms with E-state index in [0.717, 1.165) is 0 Å². The first kappa shape index (κ1) is 14.1. The van der Waals surface area contributed by atoms with Crippen LogP contribution < -0.4 is 5.32 Å². The number of carbonyl (C=O) groups is 1. The fraction of sp³-hybridized carbons (Fsp3) is 0.538. The molecule has 19 heavy (non-hydrogen) atoms. The molecule has 0 radical (unpaired) electrons. The highest BCUT2D eigenvalue weighted by Crippen LogP contribution is 2.25. The van der Waals surface area contributed by atoms with Crippen LogP contribution in [-0.4, -0.2) is 46.6 Å². The first-order valence-electron chi connectivity index (χ1n) is 6.28. The molecule has 0 saturated carbocycles. The summed E-state index contributed by atoms with van der Waals surface area (Å²) in [6.07, 6.45) is 2.64. The Bertz CT molecular complexity index is 481. The Balaban J connectivity index is 2.16. The number of aliphatic hydroxyl groups is 1. The highest BCUT2D eigenvalue weighted by Gasteiger charge is 2.30. The second kappa shape index (κ2) is 5.35. The number of anilines is 1. The molecule has 1 saturated heterocycles. The molecule has 5 nitrogen and oxygen atoms in total. The number of amides is 1. The SMILES string of the molecule is CNc1cc(C(=O)N2CCC(C)(O)CC2)c(Cl)cn1. The van der Waals surface area contributed by atoms with Crippen molar-refractivity contribution in [1.82, 2.24) is 9.88 Å². The maximum Gasteiger partial charge on any atom is 0.255 e. The quantitative estimate of drug-likeness (QED) is 0.868. The molecule has 6 heteroatoms. The lowest BCUT2D eigenvalue weighted by atomic mass is 9.93. The summed E-state index contributed by atoms with van der Waals surface area (Å²) >= 11 is 6.04. The molecule has 1 aliphatic rings. The number of nitrogens with one attached hydrogen (secondary N) is 1. The standard InChI is InChI=1S/C13H18ClN3O2/c1-13(19)3-5-17(6-4-13)12(18)9-7-11(15-2)16-8-10(9)14/h7-8,19H,3-6H2,1-2H3,(H,15,16). The third kappa shape index (κ3) is 3.16. The van der Waals surface area contributed by atoms with Crippen LogP contribution in [0.1, 0.15) is 30.1 Å². The molecule has 0 atom stereocenters. The Morgan fingerprint density at radius 2 is 2.16 bits per heavy atom. The summed E-state index contributed by atoms with van der Waals surface area (Å²) in [6, 6.07) is 1.65. The summed E-state index contributed by atoms with van der Waals surface area (Å²) < 4.78 is 0. The largest absolute Gasteiger partial charge is 0.390 e. The third-order valence-corrected chi connectivity index (χ3v) is 3.77. The number of hydrogen-bond donors (Lipinski definition) is 2. The number of rotatable bonds is 2. The molecule has 1 aromatic heterocycles. The van der Waals surface area contributed by atoms with Crippen LogP contribution in [0, 0.1) is 0 Å². The maximum atomic E-state index is 12.4. The molecule has 0 aliphatic carbocycles. The van der Waals surface area contributed by atoms with Gasteiger partial charge >= 0.3 is 0 Å². The Morgan fingerprint density at radius 1 is 1.53 bits per heavy atom. The van der Waals surface area contributed by atoms with Crippen LogP contribution in [0.25, 0.3) is 0 Å². The fourth-order valence-corrected chi connectivity index (χ4v) is 2.29. The van der Waals surface area contributed by atoms with E-state index in [4.69, 9.17) is 11.6 Å². The van der Waals surface area contributed by atoms with Gasteiger partial charge in [0, 0.05) is 26.3 Å². The number of halogens is 1. The van der Waals surface area contributed by atoms with Gasteiger partial charge in [0.2, 0.25) is 0 Å². The summed E-state index contributed by atoms with van der Waals surface area (Å²) in [5, 5.41) is 13.1. The first-order valence-corrected chi connectivity index (χ1v) is 6.66. The average Bonchev–Trinajstić information content (AvgIpc) is 2.38. The second-order valence-electron chi connectivity index (χ2n) is 5.09. The number of piperidine rings is 1. The number of aromatic nitrogens is 1. The lowest BCUT2D eigenvalue weighted by Crippen LogP contribution is -2.45. The zero-order valence-electron chi connectivity index (χ0n) is 11.1. The van der Waals surface area contributed by atoms with Gasteiger partial charge in [-0.1, -0.05) is 11.6 Å². The highest BCUT2D eigenvalue weighted by molar-refractivity contribution is 6.33. The van der Waals surface area contributed by atoms with Crippen molar-refractivity contribution < 1.29 is 9.90 Å². The van der Waals surface area contributed by atoms with Gasteiger partial charge < -0.3 is 15.3 Å². The summed E-state index contributed by atoms with van der Waals surface area (Å²) in [4.78, 5) is 18.2. The zero-order valence-corrected chi connectivity index (χ0v) is 11.9. The molecule has 104 valence electrons. The van der Waals surface area contributed by atoms with Crippen molar-refractivity contribution in [2.24, 2.45) is 0 Å². The first-order chi connectivity index (χ1) is 8.93. The maximum absolute atomic E-state index is 12.4. The fourth-order valence-electron chi connectivity index (χ4n) is 2.10. The van der Waals surface area contributed by atoms with Gasteiger partial charge in [0.05, 0.1) is 16.2 Å². The van der Waals surface area contributed by atoms with E-state index in [-0.39, 0.29) is 5.91 Å². The van der Waals surface area contributed by atoms with Crippen LogP contribution in [0.3, 0.4) is 0 Å². The molecular weight excluding hydrogens is 266 g/mol. The molecule has 0 bridgehead atoms. The van der Waals surface area contributed by atoms with E-state index in [1.165, 1.54) is 6.20 Å². The Morgan fingerprint density at radius 3 is 2.74 bits per heavy atom. The van der Waals surface area contributed by atoms with Crippen molar-refractivity contribution in [3.8, 4) is 0 Å². The van der Waals surface area contributed by atoms with E-state index in [1.54, 1.807) is 24.9 Å². The summed E-state index contributed by atoms with van der Waals surface area (Å²) in [5.41, 5.74) is -0.225. The third-order valence-electron chi connectivity index (χ3n) is 3.47. The molecule has 1 aromatic rings. The van der Waals surface area contributed by atoms with Gasteiger partial charge in [0.15, 0.2) is 0 Å². The lowest BCUT2D eigenvalue weighted by Gasteiger charge is -2.35. The molecule has 0 spiro atoms. The van der Waals surface area contributed by atoms with E-state index >= 15 is 0 Å². The number of carbonyl (C=O) groups excluding carboxylic acids is 1. The van der Waals surface area contributed by atoms with Crippen molar-refractivity contribution in [3.05, 3.63) is 22.8 Å². The van der Waals surface area contributed by atoms with Crippen molar-refractivity contribution in [2.75, 3.05) is 25.5 Å². The molecule has 2 N–H and O–H groups in total. The van der Waals surface area contributed by atoms with Gasteiger partial charge in [-0.2, -0.15) is 0 Å². The van der Waals surface area contributed by atoms with Crippen LogP contribution >= 0.6 is 11.6 Å². The van der Waals surface area contributed by atoms with Gasteiger partial charge in [0.25, 0.3) is 5.91 Å². The van der Waals surface area contributed by atoms with Crippen LogP contribution in [0.15, 0.2) is 12.3 Å². The Hall–Kier alpha value is -1.33. The van der Waals surface area contributed by atoms with Crippen LogP contribution in [-0.2, 0) is 0 Å². The minimum Gasteiger partial charge on any atom is -0.390 e. The molecule has 1 amide bonds. The van der Waals surface area contributed by atoms with Crippen LogP contribution in [0.4, 0.5) is 5.82 Å². The van der Waals surface area contributed by atoms with Gasteiger partial charge in [-0.3, -0.25) is 4.79 Å². The summed E-state index contributed by atoms with van der Waals surface area (Å²) in [5.74, 6) is 0.496. The zero-order chi connectivity index (χ0) is 14.0. The topological polar surface area (TPSA) is 65.5 Å². The molecule has 2 heterocycles. The Kier molecular flexibility index (Phi) is 3.96. The summed E-state index contributed by atoms with van der Waals surface area (Å²) in [6.45, 7) is 2.88. The van der Waals surface area contributed by atoms with Crippen LogP contribution in [0.5, 0.6) is 0 Å². The van der Waals surface area contributed by atoms with E-state index in [2.05, 4.69) is 10.3 Å². The molecular formula is C13H18ClN3O2. The van der Waals surface area contributed by atoms with Gasteiger partial charge in [0.1, 0.15) is 5.82 Å². The second-order valence-corrected chi connectivity index (χ2v) is 5.50. The van der Waals surface area contributed by atoms with Crippen molar-refractivity contribution >= 4 is 23.3 Å². The minimum atomic E-state index is -0.672. The van der Waals surface area contributed by atoms with Crippen molar-refractivity contribution in [2.45, 2.75) is 25.4 Å². The minimum absolute atomic E-state index is 0.112. The smallest absolute Gasteiger partial charge is 0.255 e. The molecule has 1 fully saturated rings. The molecule has 0 aromatic carbocycles. The predicted octanol–water partition coefficient (Wildman–Crippen LogP) is 1.76. The number of nitrogens with zero attached hydrogens (tertiary/aromatic N) is 2. The van der Waals surface area contributed by atoms with Crippen molar-refractivity contribution in [1.29, 1.82) is 0 Å². The number of hydrogen-bond acceptors (Lipinski definition) is 4. The van der Waals surface area contributed by atoms with Crippen molar-refractivity contribution in [3.63, 3.8) is 0 Å². The number of pyridine rings is 1. The van der Waals surface area contributed by atoms with Gasteiger partial charge in [-0.05, 0) is 25.8 Å². The molecule has 0 unspecified atom stereocenters. The Labute approximate surface area is 117 Å². The predicted molar refractivity (Wildman–Crippen MR) is 74.6 cm³/mol. The van der Waals surface area contributed by atoms with Gasteiger partial charge in [-0.15, -0.1) is 0 Å². The van der Waals surface area contributed by atoms with Gasteiger partial charge in [-0.25, -0.2) is 4.98 Å². The molecule has 1 aliphatic heterocycles. The van der Waals surface area contributed by atoms with Crippen LogP contribution in [0.2, 0.25) is 5.02 Å². The molecule has 2 rings (SSSR count). The van der Waals surface area contributed by atoms with E-state index in [9.17, 15) is 9.90 Å². The van der Waals surface area contributed by atoms with E-state index < -0.39 is 5.60 Å². The number of likely N-dealkylation sites (tertiary alicyclic amines) is 1. The summed E-state index contributed by atoms with van der Waals surface area (Å²) in [7, 11) is 1.74. The average molecular weight is 284 g/mol. The normalized spacial score (nSPS) is 18.2.